The Kier molecular flexibility index (Phi) is 6.20. The summed E-state index contributed by atoms with van der Waals surface area (Å²) in [5.74, 6) is -0.539. The largest absolute Gasteiger partial charge is 0.453 e. The summed E-state index contributed by atoms with van der Waals surface area (Å²) in [6.07, 6.45) is 1.10. The van der Waals surface area contributed by atoms with Gasteiger partial charge in [-0.2, -0.15) is 0 Å². The summed E-state index contributed by atoms with van der Waals surface area (Å²) in [7, 11) is 0. The monoisotopic (exact) mass is 399 g/mol. The summed E-state index contributed by atoms with van der Waals surface area (Å²) >= 11 is 0. The standard InChI is InChI=1S/C22H25NO6/c1-14-10-17-19(27-14)21(26-13-15-6-3-2-4-7-15)20(18(12-24)28-17)29-22(25)16-8-5-9-23-11-16/h2-9,11,14,17-21,24H,10,12-13H2,1H3. The number of aliphatic hydroxyl groups is 1. The van der Waals surface area contributed by atoms with Crippen LogP contribution in [0.15, 0.2) is 54.9 Å². The second-order valence-electron chi connectivity index (χ2n) is 7.42. The Labute approximate surface area is 169 Å². The average Bonchev–Trinajstić information content (AvgIpc) is 3.13. The zero-order chi connectivity index (χ0) is 20.2. The number of esters is 1. The molecule has 0 saturated carbocycles. The second-order valence-corrected chi connectivity index (χ2v) is 7.42. The summed E-state index contributed by atoms with van der Waals surface area (Å²) in [4.78, 5) is 16.6. The maximum Gasteiger partial charge on any atom is 0.340 e. The molecule has 6 atom stereocenters. The van der Waals surface area contributed by atoms with E-state index in [0.717, 1.165) is 5.56 Å². The molecule has 0 aliphatic carbocycles. The van der Waals surface area contributed by atoms with Gasteiger partial charge < -0.3 is 24.1 Å². The number of rotatable bonds is 6. The molecule has 0 spiro atoms. The number of aromatic nitrogens is 1. The molecule has 2 aliphatic rings. The third kappa shape index (κ3) is 4.48. The van der Waals surface area contributed by atoms with E-state index in [1.807, 2.05) is 37.3 Å². The zero-order valence-electron chi connectivity index (χ0n) is 16.2. The lowest BCUT2D eigenvalue weighted by molar-refractivity contribution is -0.233. The molecule has 2 saturated heterocycles. The maximum absolute atomic E-state index is 12.7. The Morgan fingerprint density at radius 3 is 2.72 bits per heavy atom. The molecule has 0 radical (unpaired) electrons. The molecule has 3 heterocycles. The van der Waals surface area contributed by atoms with Gasteiger partial charge in [-0.05, 0) is 24.6 Å². The summed E-state index contributed by atoms with van der Waals surface area (Å²) < 4.78 is 24.0. The van der Waals surface area contributed by atoms with E-state index in [9.17, 15) is 9.90 Å². The van der Waals surface area contributed by atoms with Crippen LogP contribution in [-0.2, 0) is 25.6 Å². The molecule has 1 aromatic carbocycles. The van der Waals surface area contributed by atoms with Gasteiger partial charge in [0.05, 0.1) is 31.0 Å². The first-order valence-corrected chi connectivity index (χ1v) is 9.84. The molecular formula is C22H25NO6. The highest BCUT2D eigenvalue weighted by Crippen LogP contribution is 2.36. The summed E-state index contributed by atoms with van der Waals surface area (Å²) in [5.41, 5.74) is 1.33. The Bertz CT molecular complexity index is 801. The first-order valence-electron chi connectivity index (χ1n) is 9.84. The molecule has 7 heteroatoms. The summed E-state index contributed by atoms with van der Waals surface area (Å²) in [5, 5.41) is 9.91. The van der Waals surface area contributed by atoms with Crippen molar-refractivity contribution < 1.29 is 28.8 Å². The van der Waals surface area contributed by atoms with Gasteiger partial charge in [0.25, 0.3) is 0 Å². The molecule has 2 aromatic rings. The van der Waals surface area contributed by atoms with Crippen molar-refractivity contribution in [3.63, 3.8) is 0 Å². The van der Waals surface area contributed by atoms with Gasteiger partial charge >= 0.3 is 5.97 Å². The van der Waals surface area contributed by atoms with E-state index in [1.54, 1.807) is 18.3 Å². The lowest BCUT2D eigenvalue weighted by Crippen LogP contribution is -2.59. The Morgan fingerprint density at radius 1 is 1.17 bits per heavy atom. The minimum atomic E-state index is -0.803. The van der Waals surface area contributed by atoms with Crippen LogP contribution in [0.4, 0.5) is 0 Å². The fourth-order valence-electron chi connectivity index (χ4n) is 3.92. The lowest BCUT2D eigenvalue weighted by atomic mass is 9.94. The van der Waals surface area contributed by atoms with E-state index in [-0.39, 0.29) is 24.9 Å². The fourth-order valence-corrected chi connectivity index (χ4v) is 3.92. The third-order valence-electron chi connectivity index (χ3n) is 5.29. The first-order chi connectivity index (χ1) is 14.2. The van der Waals surface area contributed by atoms with Gasteiger partial charge in [0, 0.05) is 18.8 Å². The Balaban J connectivity index is 1.56. The second kappa shape index (κ2) is 9.00. The van der Waals surface area contributed by atoms with Gasteiger partial charge in [-0.15, -0.1) is 0 Å². The molecule has 0 amide bonds. The number of hydrogen-bond acceptors (Lipinski definition) is 7. The van der Waals surface area contributed by atoms with Crippen molar-refractivity contribution in [2.45, 2.75) is 56.6 Å². The van der Waals surface area contributed by atoms with Crippen molar-refractivity contribution in [3.05, 3.63) is 66.0 Å². The number of carbonyl (C=O) groups is 1. The number of pyridine rings is 1. The number of carbonyl (C=O) groups excluding carboxylic acids is 1. The smallest absolute Gasteiger partial charge is 0.340 e. The fraction of sp³-hybridized carbons (Fsp3) is 0.455. The number of aliphatic hydroxyl groups excluding tert-OH is 1. The van der Waals surface area contributed by atoms with E-state index in [0.29, 0.717) is 18.6 Å². The van der Waals surface area contributed by atoms with Crippen LogP contribution < -0.4 is 0 Å². The van der Waals surface area contributed by atoms with Crippen LogP contribution in [0.3, 0.4) is 0 Å². The van der Waals surface area contributed by atoms with Crippen LogP contribution in [-0.4, -0.2) is 59.3 Å². The SMILES string of the molecule is CC1CC2OC(CO)C(OC(=O)c3cccnc3)C(OCc3ccccc3)C2O1. The third-order valence-corrected chi connectivity index (χ3v) is 5.29. The average molecular weight is 399 g/mol. The minimum Gasteiger partial charge on any atom is -0.453 e. The lowest BCUT2D eigenvalue weighted by Gasteiger charge is -2.42. The number of benzene rings is 1. The quantitative estimate of drug-likeness (QED) is 0.745. The summed E-state index contributed by atoms with van der Waals surface area (Å²) in [6.45, 7) is 2.03. The topological polar surface area (TPSA) is 87.1 Å². The molecule has 1 N–H and O–H groups in total. The molecule has 7 nitrogen and oxygen atoms in total. The zero-order valence-corrected chi connectivity index (χ0v) is 16.2. The number of nitrogens with zero attached hydrogens (tertiary/aromatic N) is 1. The van der Waals surface area contributed by atoms with E-state index in [2.05, 4.69) is 4.98 Å². The van der Waals surface area contributed by atoms with Crippen molar-refractivity contribution in [2.75, 3.05) is 6.61 Å². The molecule has 1 aromatic heterocycles. The highest BCUT2D eigenvalue weighted by atomic mass is 16.6. The molecule has 2 aliphatic heterocycles. The van der Waals surface area contributed by atoms with E-state index in [1.165, 1.54) is 6.20 Å². The molecule has 0 bridgehead atoms. The van der Waals surface area contributed by atoms with E-state index < -0.39 is 24.3 Å². The number of ether oxygens (including phenoxy) is 4. The molecular weight excluding hydrogens is 374 g/mol. The highest BCUT2D eigenvalue weighted by Gasteiger charge is 2.52. The van der Waals surface area contributed by atoms with Crippen molar-refractivity contribution in [1.82, 2.24) is 4.98 Å². The van der Waals surface area contributed by atoms with Crippen LogP contribution in [0.1, 0.15) is 29.3 Å². The first kappa shape index (κ1) is 20.0. The predicted octanol–water partition coefficient (Wildman–Crippen LogP) is 2.13. The van der Waals surface area contributed by atoms with Gasteiger partial charge in [-0.3, -0.25) is 4.98 Å². The van der Waals surface area contributed by atoms with E-state index >= 15 is 0 Å². The van der Waals surface area contributed by atoms with Crippen LogP contribution in [0.25, 0.3) is 0 Å². The van der Waals surface area contributed by atoms with Gasteiger partial charge in [0.2, 0.25) is 0 Å². The van der Waals surface area contributed by atoms with Crippen LogP contribution in [0.2, 0.25) is 0 Å². The maximum atomic E-state index is 12.7. The van der Waals surface area contributed by atoms with Gasteiger partial charge in [0.1, 0.15) is 18.3 Å². The number of fused-ring (bicyclic) bond motifs is 1. The highest BCUT2D eigenvalue weighted by molar-refractivity contribution is 5.89. The van der Waals surface area contributed by atoms with Crippen LogP contribution in [0.5, 0.6) is 0 Å². The molecule has 29 heavy (non-hydrogen) atoms. The van der Waals surface area contributed by atoms with Crippen molar-refractivity contribution in [3.8, 4) is 0 Å². The van der Waals surface area contributed by atoms with Crippen molar-refractivity contribution in [1.29, 1.82) is 0 Å². The van der Waals surface area contributed by atoms with E-state index in [4.69, 9.17) is 18.9 Å². The van der Waals surface area contributed by atoms with Crippen molar-refractivity contribution >= 4 is 5.97 Å². The Hall–Kier alpha value is -2.32. The van der Waals surface area contributed by atoms with Crippen LogP contribution in [0, 0.1) is 0 Å². The van der Waals surface area contributed by atoms with Gasteiger partial charge in [-0.25, -0.2) is 4.79 Å². The number of hydrogen-bond donors (Lipinski definition) is 1. The van der Waals surface area contributed by atoms with Crippen molar-refractivity contribution in [2.24, 2.45) is 0 Å². The van der Waals surface area contributed by atoms with Gasteiger partial charge in [0.15, 0.2) is 6.10 Å². The molecule has 154 valence electrons. The molecule has 6 unspecified atom stereocenters. The molecule has 4 rings (SSSR count). The minimum absolute atomic E-state index is 0.0000528. The van der Waals surface area contributed by atoms with Crippen LogP contribution >= 0.6 is 0 Å². The normalized spacial score (nSPS) is 31.2. The summed E-state index contributed by atoms with van der Waals surface area (Å²) in [6, 6.07) is 13.1. The molecule has 2 fully saturated rings. The Morgan fingerprint density at radius 2 is 2.00 bits per heavy atom. The predicted molar refractivity (Wildman–Crippen MR) is 103 cm³/mol. The van der Waals surface area contributed by atoms with Gasteiger partial charge in [-0.1, -0.05) is 30.3 Å².